The molecule has 0 amide bonds. The van der Waals surface area contributed by atoms with Crippen LogP contribution in [-0.4, -0.2) is 40.3 Å². The minimum Gasteiger partial charge on any atom is -0.409 e. The van der Waals surface area contributed by atoms with Gasteiger partial charge in [0.1, 0.15) is 5.69 Å². The van der Waals surface area contributed by atoms with Crippen LogP contribution >= 0.6 is 0 Å². The van der Waals surface area contributed by atoms with Crippen molar-refractivity contribution in [2.24, 2.45) is 16.8 Å². The highest BCUT2D eigenvalue weighted by Gasteiger charge is 2.42. The summed E-state index contributed by atoms with van der Waals surface area (Å²) >= 11 is 0. The number of alkyl halides is 3. The monoisotopic (exact) mass is 303 g/mol. The maximum absolute atomic E-state index is 12.8. The van der Waals surface area contributed by atoms with E-state index in [1.54, 1.807) is 6.92 Å². The Balaban J connectivity index is 2.27. The third-order valence-corrected chi connectivity index (χ3v) is 3.38. The summed E-state index contributed by atoms with van der Waals surface area (Å²) in [7, 11) is 0. The number of anilines is 1. The van der Waals surface area contributed by atoms with Gasteiger partial charge >= 0.3 is 6.18 Å². The first-order valence-electron chi connectivity index (χ1n) is 6.46. The molecule has 9 heteroatoms. The van der Waals surface area contributed by atoms with Crippen molar-refractivity contribution >= 4 is 11.8 Å². The summed E-state index contributed by atoms with van der Waals surface area (Å²) in [5.41, 5.74) is 6.20. The maximum atomic E-state index is 12.8. The van der Waals surface area contributed by atoms with E-state index in [4.69, 9.17) is 10.9 Å². The number of halogens is 3. The van der Waals surface area contributed by atoms with E-state index in [-0.39, 0.29) is 30.4 Å². The van der Waals surface area contributed by atoms with E-state index in [9.17, 15) is 13.2 Å². The van der Waals surface area contributed by atoms with Gasteiger partial charge in [0.05, 0.1) is 5.92 Å². The summed E-state index contributed by atoms with van der Waals surface area (Å²) in [6.45, 7) is 1.94. The van der Waals surface area contributed by atoms with Crippen LogP contribution in [0.1, 0.15) is 24.2 Å². The van der Waals surface area contributed by atoms with Crippen LogP contribution in [0.5, 0.6) is 0 Å². The first kappa shape index (κ1) is 15.3. The minimum absolute atomic E-state index is 0.110. The Morgan fingerprint density at radius 2 is 2.19 bits per heavy atom. The number of hydrogen-bond donors (Lipinski definition) is 2. The van der Waals surface area contributed by atoms with Crippen molar-refractivity contribution in [3.05, 3.63) is 17.5 Å². The van der Waals surface area contributed by atoms with Gasteiger partial charge in [-0.15, -0.1) is 0 Å². The molecular formula is C12H16F3N5O. The summed E-state index contributed by atoms with van der Waals surface area (Å²) < 4.78 is 38.5. The fourth-order valence-electron chi connectivity index (χ4n) is 2.30. The van der Waals surface area contributed by atoms with Gasteiger partial charge in [0.2, 0.25) is 5.95 Å². The lowest BCUT2D eigenvalue weighted by atomic mass is 9.98. The molecule has 1 unspecified atom stereocenters. The van der Waals surface area contributed by atoms with Crippen LogP contribution in [0.3, 0.4) is 0 Å². The SMILES string of the molecule is Cc1cc(/C(N)=N/O)nc(N2CCCC(C(F)(F)F)C2)n1. The van der Waals surface area contributed by atoms with Crippen LogP contribution in [0.4, 0.5) is 19.1 Å². The predicted octanol–water partition coefficient (Wildman–Crippen LogP) is 1.66. The number of hydrogen-bond acceptors (Lipinski definition) is 5. The molecule has 21 heavy (non-hydrogen) atoms. The molecule has 0 saturated carbocycles. The van der Waals surface area contributed by atoms with E-state index >= 15 is 0 Å². The fourth-order valence-corrected chi connectivity index (χ4v) is 2.30. The van der Waals surface area contributed by atoms with Gasteiger partial charge < -0.3 is 15.8 Å². The summed E-state index contributed by atoms with van der Waals surface area (Å²) in [4.78, 5) is 9.71. The summed E-state index contributed by atoms with van der Waals surface area (Å²) in [5, 5.41) is 11.5. The van der Waals surface area contributed by atoms with Crippen LogP contribution < -0.4 is 10.6 Å². The Kier molecular flexibility index (Phi) is 4.19. The molecule has 116 valence electrons. The Morgan fingerprint density at radius 3 is 2.81 bits per heavy atom. The van der Waals surface area contributed by atoms with Gasteiger partial charge in [-0.05, 0) is 25.8 Å². The van der Waals surface area contributed by atoms with Gasteiger partial charge in [-0.1, -0.05) is 5.16 Å². The number of amidine groups is 1. The first-order valence-corrected chi connectivity index (χ1v) is 6.46. The van der Waals surface area contributed by atoms with Crippen molar-refractivity contribution < 1.29 is 18.4 Å². The lowest BCUT2D eigenvalue weighted by Crippen LogP contribution is -2.42. The molecule has 1 aliphatic rings. The quantitative estimate of drug-likeness (QED) is 0.375. The van der Waals surface area contributed by atoms with Gasteiger partial charge in [-0.25, -0.2) is 9.97 Å². The molecule has 6 nitrogen and oxygen atoms in total. The number of nitrogens with two attached hydrogens (primary N) is 1. The number of oxime groups is 1. The van der Waals surface area contributed by atoms with Crippen molar-refractivity contribution in [3.63, 3.8) is 0 Å². The van der Waals surface area contributed by atoms with E-state index < -0.39 is 12.1 Å². The molecule has 0 aromatic carbocycles. The average Bonchev–Trinajstić information content (AvgIpc) is 2.45. The van der Waals surface area contributed by atoms with Gasteiger partial charge in [0.15, 0.2) is 5.84 Å². The second-order valence-electron chi connectivity index (χ2n) is 5.01. The van der Waals surface area contributed by atoms with Gasteiger partial charge in [0, 0.05) is 18.8 Å². The number of piperidine rings is 1. The van der Waals surface area contributed by atoms with E-state index in [0.717, 1.165) is 0 Å². The normalized spacial score (nSPS) is 20.7. The highest BCUT2D eigenvalue weighted by molar-refractivity contribution is 5.95. The Bertz CT molecular complexity index is 546. The summed E-state index contributed by atoms with van der Waals surface area (Å²) in [5.74, 6) is -1.42. The van der Waals surface area contributed by atoms with Crippen molar-refractivity contribution in [3.8, 4) is 0 Å². The third-order valence-electron chi connectivity index (χ3n) is 3.38. The van der Waals surface area contributed by atoms with Crippen LogP contribution in [0.2, 0.25) is 0 Å². The Hall–Kier alpha value is -2.06. The lowest BCUT2D eigenvalue weighted by Gasteiger charge is -2.33. The van der Waals surface area contributed by atoms with Crippen molar-refractivity contribution in [2.75, 3.05) is 18.0 Å². The fraction of sp³-hybridized carbons (Fsp3) is 0.583. The first-order chi connectivity index (χ1) is 9.81. The molecule has 0 bridgehead atoms. The minimum atomic E-state index is -4.23. The molecule has 3 N–H and O–H groups in total. The molecule has 1 aliphatic heterocycles. The van der Waals surface area contributed by atoms with Crippen molar-refractivity contribution in [2.45, 2.75) is 25.9 Å². The van der Waals surface area contributed by atoms with Crippen LogP contribution in [-0.2, 0) is 0 Å². The molecule has 1 saturated heterocycles. The number of nitrogens with zero attached hydrogens (tertiary/aromatic N) is 4. The molecule has 2 heterocycles. The van der Waals surface area contributed by atoms with Gasteiger partial charge in [-0.3, -0.25) is 0 Å². The molecule has 2 rings (SSSR count). The summed E-state index contributed by atoms with van der Waals surface area (Å²) in [6.07, 6.45) is -3.70. The summed E-state index contributed by atoms with van der Waals surface area (Å²) in [6, 6.07) is 1.50. The molecular weight excluding hydrogens is 287 g/mol. The number of aryl methyl sites for hydroxylation is 1. The highest BCUT2D eigenvalue weighted by atomic mass is 19.4. The lowest BCUT2D eigenvalue weighted by molar-refractivity contribution is -0.176. The Morgan fingerprint density at radius 1 is 1.48 bits per heavy atom. The van der Waals surface area contributed by atoms with Crippen LogP contribution in [0.25, 0.3) is 0 Å². The van der Waals surface area contributed by atoms with E-state index in [1.807, 2.05) is 0 Å². The largest absolute Gasteiger partial charge is 0.409 e. The van der Waals surface area contributed by atoms with Gasteiger partial charge in [-0.2, -0.15) is 13.2 Å². The second-order valence-corrected chi connectivity index (χ2v) is 5.01. The van der Waals surface area contributed by atoms with Crippen LogP contribution in [0.15, 0.2) is 11.2 Å². The zero-order valence-corrected chi connectivity index (χ0v) is 11.4. The third kappa shape index (κ3) is 3.53. The second kappa shape index (κ2) is 5.74. The van der Waals surface area contributed by atoms with E-state index in [0.29, 0.717) is 18.7 Å². The molecule has 1 aromatic heterocycles. The number of aromatic nitrogens is 2. The molecule has 1 atom stereocenters. The Labute approximate surface area is 119 Å². The van der Waals surface area contributed by atoms with Crippen molar-refractivity contribution in [1.82, 2.24) is 9.97 Å². The smallest absolute Gasteiger partial charge is 0.393 e. The van der Waals surface area contributed by atoms with E-state index in [1.165, 1.54) is 11.0 Å². The topological polar surface area (TPSA) is 87.6 Å². The maximum Gasteiger partial charge on any atom is 0.393 e. The molecule has 1 aromatic rings. The van der Waals surface area contributed by atoms with Gasteiger partial charge in [0.25, 0.3) is 0 Å². The number of rotatable bonds is 2. The van der Waals surface area contributed by atoms with Crippen LogP contribution in [0, 0.1) is 12.8 Å². The standard InChI is InChI=1S/C12H16F3N5O/c1-7-5-9(10(16)19-21)18-11(17-7)20-4-2-3-8(6-20)12(13,14)15/h5,8,21H,2-4,6H2,1H3,(H2,16,19). The highest BCUT2D eigenvalue weighted by Crippen LogP contribution is 2.34. The molecule has 0 radical (unpaired) electrons. The van der Waals surface area contributed by atoms with E-state index in [2.05, 4.69) is 15.1 Å². The zero-order chi connectivity index (χ0) is 15.6. The predicted molar refractivity (Wildman–Crippen MR) is 70.3 cm³/mol. The average molecular weight is 303 g/mol. The zero-order valence-electron chi connectivity index (χ0n) is 11.4. The molecule has 1 fully saturated rings. The van der Waals surface area contributed by atoms with Crippen molar-refractivity contribution in [1.29, 1.82) is 0 Å². The molecule has 0 spiro atoms. The molecule has 0 aliphatic carbocycles.